The zero-order valence-corrected chi connectivity index (χ0v) is 12.6. The van der Waals surface area contributed by atoms with Gasteiger partial charge < -0.3 is 11.1 Å². The lowest BCUT2D eigenvalue weighted by atomic mass is 10.1. The number of fused-ring (bicyclic) bond motifs is 1. The highest BCUT2D eigenvalue weighted by molar-refractivity contribution is 7.80. The van der Waals surface area contributed by atoms with Crippen LogP contribution in [0.25, 0.3) is 10.1 Å². The Hall–Kier alpha value is -1.91. The molecular formula is C16H14N2S2. The molecule has 0 spiro atoms. The minimum atomic E-state index is 0.407. The van der Waals surface area contributed by atoms with E-state index in [2.05, 4.69) is 48.0 Å². The van der Waals surface area contributed by atoms with Crippen molar-refractivity contribution in [1.29, 1.82) is 0 Å². The van der Waals surface area contributed by atoms with Crippen LogP contribution in [0.5, 0.6) is 0 Å². The second-order valence-corrected chi connectivity index (χ2v) is 6.10. The van der Waals surface area contributed by atoms with Crippen LogP contribution in [-0.4, -0.2) is 4.99 Å². The minimum absolute atomic E-state index is 0.407. The Morgan fingerprint density at radius 2 is 2.00 bits per heavy atom. The summed E-state index contributed by atoms with van der Waals surface area (Å²) >= 11 is 6.86. The van der Waals surface area contributed by atoms with E-state index < -0.39 is 0 Å². The van der Waals surface area contributed by atoms with E-state index in [1.54, 1.807) is 11.3 Å². The molecule has 4 heteroatoms. The summed E-state index contributed by atoms with van der Waals surface area (Å²) in [7, 11) is 0. The van der Waals surface area contributed by atoms with Crippen molar-refractivity contribution >= 4 is 50.0 Å². The zero-order chi connectivity index (χ0) is 14.1. The molecule has 0 saturated heterocycles. The van der Waals surface area contributed by atoms with Crippen LogP contribution >= 0.6 is 23.6 Å². The second kappa shape index (κ2) is 5.23. The summed E-state index contributed by atoms with van der Waals surface area (Å²) in [5.74, 6) is 0. The zero-order valence-electron chi connectivity index (χ0n) is 11.0. The van der Waals surface area contributed by atoms with Gasteiger partial charge in [-0.25, -0.2) is 0 Å². The van der Waals surface area contributed by atoms with Crippen LogP contribution in [0.1, 0.15) is 11.1 Å². The van der Waals surface area contributed by atoms with Crippen molar-refractivity contribution < 1.29 is 0 Å². The number of hydrogen-bond acceptors (Lipinski definition) is 3. The fourth-order valence-corrected chi connectivity index (χ4v) is 3.13. The highest BCUT2D eigenvalue weighted by atomic mass is 32.1. The Kier molecular flexibility index (Phi) is 3.42. The number of thiocarbonyl (C=S) groups is 1. The average Bonchev–Trinajstić information content (AvgIpc) is 2.85. The molecule has 3 aromatic rings. The second-order valence-electron chi connectivity index (χ2n) is 4.71. The van der Waals surface area contributed by atoms with Gasteiger partial charge in [0.2, 0.25) is 0 Å². The quantitative estimate of drug-likeness (QED) is 0.695. The van der Waals surface area contributed by atoms with Crippen molar-refractivity contribution in [2.24, 2.45) is 5.73 Å². The van der Waals surface area contributed by atoms with Gasteiger partial charge in [-0.3, -0.25) is 0 Å². The van der Waals surface area contributed by atoms with Crippen LogP contribution in [0.3, 0.4) is 0 Å². The summed E-state index contributed by atoms with van der Waals surface area (Å²) in [5, 5.41) is 6.75. The van der Waals surface area contributed by atoms with Crippen LogP contribution in [0.2, 0.25) is 0 Å². The van der Waals surface area contributed by atoms with Gasteiger partial charge in [-0.1, -0.05) is 18.3 Å². The maximum Gasteiger partial charge on any atom is 0.106 e. The van der Waals surface area contributed by atoms with E-state index in [0.717, 1.165) is 16.9 Å². The van der Waals surface area contributed by atoms with E-state index in [9.17, 15) is 0 Å². The van der Waals surface area contributed by atoms with Gasteiger partial charge in [0.25, 0.3) is 0 Å². The molecule has 20 heavy (non-hydrogen) atoms. The molecule has 2 aromatic carbocycles. The third-order valence-corrected chi connectivity index (χ3v) is 4.29. The van der Waals surface area contributed by atoms with Crippen LogP contribution in [0, 0.1) is 6.92 Å². The van der Waals surface area contributed by atoms with Gasteiger partial charge in [-0.2, -0.15) is 0 Å². The lowest BCUT2D eigenvalue weighted by molar-refractivity contribution is 1.44. The van der Waals surface area contributed by atoms with E-state index in [4.69, 9.17) is 18.0 Å². The van der Waals surface area contributed by atoms with E-state index in [1.807, 2.05) is 12.1 Å². The average molecular weight is 298 g/mol. The summed E-state index contributed by atoms with van der Waals surface area (Å²) in [4.78, 5) is 0.407. The Morgan fingerprint density at radius 3 is 2.80 bits per heavy atom. The molecule has 0 bridgehead atoms. The molecule has 100 valence electrons. The smallest absolute Gasteiger partial charge is 0.106 e. The lowest BCUT2D eigenvalue weighted by Gasteiger charge is -2.12. The molecule has 1 aromatic heterocycles. The third kappa shape index (κ3) is 2.53. The van der Waals surface area contributed by atoms with Crippen molar-refractivity contribution in [3.05, 3.63) is 59.0 Å². The number of hydrogen-bond donors (Lipinski definition) is 2. The van der Waals surface area contributed by atoms with Crippen LogP contribution in [-0.2, 0) is 0 Å². The standard InChI is InChI=1S/C16H14N2S2/c1-10-2-4-13(16(17)19)14(8-10)18-12-3-5-15-11(9-12)6-7-20-15/h2-9,18H,1H3,(H2,17,19). The molecule has 0 amide bonds. The molecule has 3 rings (SSSR count). The normalized spacial score (nSPS) is 10.7. The molecule has 0 aliphatic heterocycles. The van der Waals surface area contributed by atoms with Gasteiger partial charge in [-0.05, 0) is 59.7 Å². The molecule has 0 atom stereocenters. The Labute approximate surface area is 127 Å². The predicted molar refractivity (Wildman–Crippen MR) is 92.2 cm³/mol. The van der Waals surface area contributed by atoms with E-state index in [0.29, 0.717) is 4.99 Å². The van der Waals surface area contributed by atoms with Crippen LogP contribution < -0.4 is 11.1 Å². The molecule has 3 N–H and O–H groups in total. The number of anilines is 2. The summed E-state index contributed by atoms with van der Waals surface area (Å²) < 4.78 is 1.29. The molecule has 0 saturated carbocycles. The van der Waals surface area contributed by atoms with Crippen molar-refractivity contribution in [1.82, 2.24) is 0 Å². The molecule has 0 aliphatic carbocycles. The largest absolute Gasteiger partial charge is 0.389 e. The topological polar surface area (TPSA) is 38.0 Å². The number of thiophene rings is 1. The number of nitrogens with one attached hydrogen (secondary N) is 1. The fraction of sp³-hybridized carbons (Fsp3) is 0.0625. The molecule has 0 aliphatic rings. The number of nitrogens with two attached hydrogens (primary N) is 1. The molecular weight excluding hydrogens is 284 g/mol. The first-order valence-electron chi connectivity index (χ1n) is 6.28. The summed E-state index contributed by atoms with van der Waals surface area (Å²) in [6, 6.07) is 14.5. The Balaban J connectivity index is 2.01. The first kappa shape index (κ1) is 13.1. The van der Waals surface area contributed by atoms with Gasteiger partial charge in [-0.15, -0.1) is 11.3 Å². The SMILES string of the molecule is Cc1ccc(C(N)=S)c(Nc2ccc3sccc3c2)c1. The van der Waals surface area contributed by atoms with Gasteiger partial charge in [0, 0.05) is 21.6 Å². The van der Waals surface area contributed by atoms with E-state index in [-0.39, 0.29) is 0 Å². The number of benzene rings is 2. The first-order chi connectivity index (χ1) is 9.63. The maximum atomic E-state index is 5.79. The van der Waals surface area contributed by atoms with Crippen molar-refractivity contribution in [2.45, 2.75) is 6.92 Å². The van der Waals surface area contributed by atoms with Crippen molar-refractivity contribution in [3.63, 3.8) is 0 Å². The van der Waals surface area contributed by atoms with Crippen LogP contribution in [0.4, 0.5) is 11.4 Å². The minimum Gasteiger partial charge on any atom is -0.389 e. The number of aryl methyl sites for hydroxylation is 1. The molecule has 2 nitrogen and oxygen atoms in total. The van der Waals surface area contributed by atoms with E-state index >= 15 is 0 Å². The molecule has 0 fully saturated rings. The van der Waals surface area contributed by atoms with Crippen molar-refractivity contribution in [3.8, 4) is 0 Å². The number of rotatable bonds is 3. The monoisotopic (exact) mass is 298 g/mol. The van der Waals surface area contributed by atoms with Gasteiger partial charge in [0.05, 0.1) is 0 Å². The Bertz CT molecular complexity index is 790. The highest BCUT2D eigenvalue weighted by Crippen LogP contribution is 2.27. The first-order valence-corrected chi connectivity index (χ1v) is 7.57. The van der Waals surface area contributed by atoms with E-state index in [1.165, 1.54) is 15.6 Å². The lowest BCUT2D eigenvalue weighted by Crippen LogP contribution is -2.12. The van der Waals surface area contributed by atoms with Gasteiger partial charge in [0.1, 0.15) is 4.99 Å². The highest BCUT2D eigenvalue weighted by Gasteiger charge is 2.06. The Morgan fingerprint density at radius 1 is 1.15 bits per heavy atom. The van der Waals surface area contributed by atoms with Gasteiger partial charge >= 0.3 is 0 Å². The third-order valence-electron chi connectivity index (χ3n) is 3.17. The predicted octanol–water partition coefficient (Wildman–Crippen LogP) is 4.59. The molecule has 1 heterocycles. The molecule has 0 unspecified atom stereocenters. The van der Waals surface area contributed by atoms with Gasteiger partial charge in [0.15, 0.2) is 0 Å². The summed E-state index contributed by atoms with van der Waals surface area (Å²) in [6.07, 6.45) is 0. The summed E-state index contributed by atoms with van der Waals surface area (Å²) in [5.41, 5.74) is 9.82. The van der Waals surface area contributed by atoms with Crippen LogP contribution in [0.15, 0.2) is 47.8 Å². The van der Waals surface area contributed by atoms with Crippen molar-refractivity contribution in [2.75, 3.05) is 5.32 Å². The molecule has 0 radical (unpaired) electrons. The summed E-state index contributed by atoms with van der Waals surface area (Å²) in [6.45, 7) is 2.05. The fourth-order valence-electron chi connectivity index (χ4n) is 2.18. The maximum absolute atomic E-state index is 5.79.